The highest BCUT2D eigenvalue weighted by atomic mass is 32.1. The molecule has 0 aromatic carbocycles. The van der Waals surface area contributed by atoms with Gasteiger partial charge in [-0.25, -0.2) is 0 Å². The minimum atomic E-state index is 0.203. The normalized spacial score (nSPS) is 14.3. The lowest BCUT2D eigenvalue weighted by molar-refractivity contribution is 0.355. The highest BCUT2D eigenvalue weighted by Crippen LogP contribution is 2.36. The van der Waals surface area contributed by atoms with Crippen molar-refractivity contribution >= 4 is 11.3 Å². The number of hydrogen-bond acceptors (Lipinski definition) is 4. The standard InChI is InChI=1S/C16H26N4S/c1-5-7-8-10-16(3,9-6-2)14-11-13(19-20(14)4)15-18-17-12-21-15/h11-12H,5-10H2,1-4H3. The van der Waals surface area contributed by atoms with Crippen LogP contribution in [0.25, 0.3) is 10.7 Å². The first kappa shape index (κ1) is 16.1. The SMILES string of the molecule is CCCCCC(C)(CCC)c1cc(-c2nncs2)nn1C. The maximum Gasteiger partial charge on any atom is 0.167 e. The van der Waals surface area contributed by atoms with E-state index in [1.54, 1.807) is 16.8 Å². The van der Waals surface area contributed by atoms with E-state index in [9.17, 15) is 0 Å². The molecule has 2 rings (SSSR count). The first-order valence-corrected chi connectivity index (χ1v) is 8.79. The molecule has 2 aromatic heterocycles. The summed E-state index contributed by atoms with van der Waals surface area (Å²) in [5, 5.41) is 13.6. The number of hydrogen-bond donors (Lipinski definition) is 0. The van der Waals surface area contributed by atoms with Crippen molar-refractivity contribution in [3.8, 4) is 10.7 Å². The molecule has 21 heavy (non-hydrogen) atoms. The van der Waals surface area contributed by atoms with Gasteiger partial charge in [-0.3, -0.25) is 4.68 Å². The molecule has 0 spiro atoms. The van der Waals surface area contributed by atoms with Gasteiger partial charge in [-0.1, -0.05) is 57.8 Å². The Hall–Kier alpha value is -1.23. The lowest BCUT2D eigenvalue weighted by atomic mass is 9.77. The largest absolute Gasteiger partial charge is 0.271 e. The van der Waals surface area contributed by atoms with E-state index in [0.29, 0.717) is 0 Å². The predicted molar refractivity (Wildman–Crippen MR) is 88.5 cm³/mol. The molecule has 0 fully saturated rings. The van der Waals surface area contributed by atoms with E-state index in [1.807, 2.05) is 11.7 Å². The molecule has 1 unspecified atom stereocenters. The summed E-state index contributed by atoms with van der Waals surface area (Å²) in [4.78, 5) is 0. The summed E-state index contributed by atoms with van der Waals surface area (Å²) in [6.07, 6.45) is 7.48. The molecule has 0 N–H and O–H groups in total. The molecule has 0 amide bonds. The van der Waals surface area contributed by atoms with Crippen LogP contribution in [0.1, 0.15) is 65.0 Å². The molecule has 0 aliphatic rings. The monoisotopic (exact) mass is 306 g/mol. The number of rotatable bonds is 8. The van der Waals surface area contributed by atoms with Gasteiger partial charge in [-0.15, -0.1) is 10.2 Å². The van der Waals surface area contributed by atoms with Crippen molar-refractivity contribution in [2.75, 3.05) is 0 Å². The Morgan fingerprint density at radius 2 is 2.00 bits per heavy atom. The van der Waals surface area contributed by atoms with Crippen LogP contribution < -0.4 is 0 Å². The topological polar surface area (TPSA) is 43.6 Å². The molecule has 0 bridgehead atoms. The minimum absolute atomic E-state index is 0.203. The van der Waals surface area contributed by atoms with Gasteiger partial charge in [0.05, 0.1) is 0 Å². The van der Waals surface area contributed by atoms with Gasteiger partial charge in [-0.05, 0) is 18.9 Å². The molecule has 4 nitrogen and oxygen atoms in total. The molecular weight excluding hydrogens is 280 g/mol. The van der Waals surface area contributed by atoms with Gasteiger partial charge in [0.1, 0.15) is 11.2 Å². The molecule has 1 atom stereocenters. The number of aryl methyl sites for hydroxylation is 1. The maximum atomic E-state index is 4.65. The molecular formula is C16H26N4S. The van der Waals surface area contributed by atoms with Crippen molar-refractivity contribution < 1.29 is 0 Å². The average molecular weight is 306 g/mol. The fourth-order valence-electron chi connectivity index (χ4n) is 3.12. The van der Waals surface area contributed by atoms with E-state index in [-0.39, 0.29) is 5.41 Å². The van der Waals surface area contributed by atoms with Crippen molar-refractivity contribution in [2.45, 2.75) is 64.7 Å². The smallest absolute Gasteiger partial charge is 0.167 e. The van der Waals surface area contributed by atoms with Crippen LogP contribution in [0, 0.1) is 0 Å². The Balaban J connectivity index is 2.27. The molecule has 5 heteroatoms. The second kappa shape index (κ2) is 7.16. The third kappa shape index (κ3) is 3.70. The van der Waals surface area contributed by atoms with Crippen molar-refractivity contribution in [3.05, 3.63) is 17.3 Å². The Morgan fingerprint density at radius 1 is 1.19 bits per heavy atom. The zero-order chi connectivity index (χ0) is 15.3. The molecule has 0 saturated heterocycles. The van der Waals surface area contributed by atoms with E-state index in [0.717, 1.165) is 10.7 Å². The van der Waals surface area contributed by atoms with Crippen LogP contribution in [0.3, 0.4) is 0 Å². The van der Waals surface area contributed by atoms with Gasteiger partial charge in [0.15, 0.2) is 5.01 Å². The fraction of sp³-hybridized carbons (Fsp3) is 0.688. The number of nitrogens with zero attached hydrogens (tertiary/aromatic N) is 4. The Bertz CT molecular complexity index is 547. The molecule has 0 aliphatic heterocycles. The molecule has 116 valence electrons. The van der Waals surface area contributed by atoms with Crippen LogP contribution in [-0.2, 0) is 12.5 Å². The summed E-state index contributed by atoms with van der Waals surface area (Å²) in [5.74, 6) is 0. The van der Waals surface area contributed by atoms with E-state index in [1.165, 1.54) is 44.2 Å². The lowest BCUT2D eigenvalue weighted by Crippen LogP contribution is -2.25. The van der Waals surface area contributed by atoms with Gasteiger partial charge < -0.3 is 0 Å². The highest BCUT2D eigenvalue weighted by Gasteiger charge is 2.29. The Kier molecular flexibility index (Phi) is 5.51. The van der Waals surface area contributed by atoms with Crippen molar-refractivity contribution in [1.29, 1.82) is 0 Å². The van der Waals surface area contributed by atoms with Crippen molar-refractivity contribution in [2.24, 2.45) is 7.05 Å². The third-order valence-corrected chi connectivity index (χ3v) is 4.92. The van der Waals surface area contributed by atoms with Gasteiger partial charge in [-0.2, -0.15) is 5.10 Å². The Labute approximate surface area is 131 Å². The van der Waals surface area contributed by atoms with Crippen LogP contribution in [0.2, 0.25) is 0 Å². The van der Waals surface area contributed by atoms with Crippen LogP contribution in [-0.4, -0.2) is 20.0 Å². The summed E-state index contributed by atoms with van der Waals surface area (Å²) >= 11 is 1.55. The van der Waals surface area contributed by atoms with Crippen LogP contribution in [0.5, 0.6) is 0 Å². The van der Waals surface area contributed by atoms with Crippen LogP contribution >= 0.6 is 11.3 Å². The van der Waals surface area contributed by atoms with Crippen molar-refractivity contribution in [3.63, 3.8) is 0 Å². The maximum absolute atomic E-state index is 4.65. The summed E-state index contributed by atoms with van der Waals surface area (Å²) in [5.41, 5.74) is 4.24. The average Bonchev–Trinajstić information content (AvgIpc) is 3.08. The second-order valence-corrected chi connectivity index (χ2v) is 6.88. The van der Waals surface area contributed by atoms with Gasteiger partial charge in [0, 0.05) is 18.2 Å². The van der Waals surface area contributed by atoms with Crippen molar-refractivity contribution in [1.82, 2.24) is 20.0 Å². The quantitative estimate of drug-likeness (QED) is 0.671. The van der Waals surface area contributed by atoms with E-state index in [4.69, 9.17) is 0 Å². The first-order chi connectivity index (χ1) is 10.1. The number of unbranched alkanes of at least 4 members (excludes halogenated alkanes) is 2. The molecule has 0 saturated carbocycles. The number of aromatic nitrogens is 4. The molecule has 2 aromatic rings. The third-order valence-electron chi connectivity index (χ3n) is 4.21. The van der Waals surface area contributed by atoms with E-state index >= 15 is 0 Å². The summed E-state index contributed by atoms with van der Waals surface area (Å²) in [6.45, 7) is 6.90. The fourth-order valence-corrected chi connectivity index (χ4v) is 3.63. The molecule has 2 heterocycles. The van der Waals surface area contributed by atoms with Crippen LogP contribution in [0.15, 0.2) is 11.6 Å². The summed E-state index contributed by atoms with van der Waals surface area (Å²) in [6, 6.07) is 2.21. The van der Waals surface area contributed by atoms with Crippen LogP contribution in [0.4, 0.5) is 0 Å². The zero-order valence-electron chi connectivity index (χ0n) is 13.6. The molecule has 0 radical (unpaired) electrons. The van der Waals surface area contributed by atoms with Gasteiger partial charge >= 0.3 is 0 Å². The van der Waals surface area contributed by atoms with Gasteiger partial charge in [0.25, 0.3) is 0 Å². The lowest BCUT2D eigenvalue weighted by Gasteiger charge is -2.29. The van der Waals surface area contributed by atoms with E-state index in [2.05, 4.69) is 42.1 Å². The minimum Gasteiger partial charge on any atom is -0.271 e. The first-order valence-electron chi connectivity index (χ1n) is 7.91. The van der Waals surface area contributed by atoms with E-state index < -0.39 is 0 Å². The highest BCUT2D eigenvalue weighted by molar-refractivity contribution is 7.12. The Morgan fingerprint density at radius 3 is 2.62 bits per heavy atom. The summed E-state index contributed by atoms with van der Waals surface area (Å²) in [7, 11) is 2.05. The molecule has 0 aliphatic carbocycles. The predicted octanol–water partition coefficient (Wildman–Crippen LogP) is 4.58. The zero-order valence-corrected chi connectivity index (χ0v) is 14.4. The second-order valence-electron chi connectivity index (χ2n) is 6.05. The van der Waals surface area contributed by atoms with Gasteiger partial charge in [0.2, 0.25) is 0 Å². The summed E-state index contributed by atoms with van der Waals surface area (Å²) < 4.78 is 2.04.